The lowest BCUT2D eigenvalue weighted by atomic mass is 9.94. The van der Waals surface area contributed by atoms with E-state index in [1.807, 2.05) is 0 Å². The fraction of sp³-hybridized carbons (Fsp3) is 0.208. The van der Waals surface area contributed by atoms with Crippen molar-refractivity contribution in [3.63, 3.8) is 0 Å². The van der Waals surface area contributed by atoms with Crippen LogP contribution in [0.2, 0.25) is 5.02 Å². The summed E-state index contributed by atoms with van der Waals surface area (Å²) in [5, 5.41) is 11.7. The summed E-state index contributed by atoms with van der Waals surface area (Å²) in [5.74, 6) is -3.16. The lowest BCUT2D eigenvalue weighted by molar-refractivity contribution is -0.138. The van der Waals surface area contributed by atoms with E-state index in [-0.39, 0.29) is 46.2 Å². The molecule has 0 saturated heterocycles. The Morgan fingerprint density at radius 1 is 1.23 bits per heavy atom. The van der Waals surface area contributed by atoms with Gasteiger partial charge in [0.1, 0.15) is 5.82 Å². The van der Waals surface area contributed by atoms with Crippen LogP contribution in [0.4, 0.5) is 15.8 Å². The van der Waals surface area contributed by atoms with Crippen molar-refractivity contribution in [2.75, 3.05) is 16.2 Å². The fourth-order valence-electron chi connectivity index (χ4n) is 4.02. The first-order valence-corrected chi connectivity index (χ1v) is 12.4. The van der Waals surface area contributed by atoms with Crippen molar-refractivity contribution in [1.29, 1.82) is 0 Å². The fourth-order valence-corrected chi connectivity index (χ4v) is 5.93. The standard InChI is InChI=1S/C24H21ClFN3O5S/c1-14-4-2-5-17(8-14)35(33,34)29-13-15(10-22(30)31)9-20-21(29)11-16(12-27-20)28-24(32)23-18(25)6-3-7-19(23)26/h2-8,11-12,15H,9-10,13H2,1H3,(H,28,32)(H,30,31)/t15-/m0/s1. The molecule has 0 radical (unpaired) electrons. The largest absolute Gasteiger partial charge is 0.481 e. The highest BCUT2D eigenvalue weighted by atomic mass is 35.5. The molecule has 3 aromatic rings. The van der Waals surface area contributed by atoms with Gasteiger partial charge in [-0.1, -0.05) is 29.8 Å². The maximum atomic E-state index is 14.2. The molecular formula is C24H21ClFN3O5S. The second-order valence-electron chi connectivity index (χ2n) is 8.26. The first-order valence-electron chi connectivity index (χ1n) is 10.6. The van der Waals surface area contributed by atoms with Gasteiger partial charge in [0.05, 0.1) is 45.2 Å². The number of carbonyl (C=O) groups excluding carboxylic acids is 1. The zero-order valence-electron chi connectivity index (χ0n) is 18.5. The van der Waals surface area contributed by atoms with Crippen LogP contribution in [0.15, 0.2) is 59.6 Å². The molecule has 8 nitrogen and oxygen atoms in total. The average molecular weight is 518 g/mol. The van der Waals surface area contributed by atoms with Crippen LogP contribution in [-0.2, 0) is 21.2 Å². The number of nitrogens with zero attached hydrogens (tertiary/aromatic N) is 2. The molecule has 2 heterocycles. The van der Waals surface area contributed by atoms with Crippen molar-refractivity contribution in [3.05, 3.63) is 82.4 Å². The predicted octanol–water partition coefficient (Wildman–Crippen LogP) is 4.28. The number of aliphatic carboxylic acids is 1. The van der Waals surface area contributed by atoms with Crippen molar-refractivity contribution >= 4 is 44.9 Å². The van der Waals surface area contributed by atoms with Gasteiger partial charge >= 0.3 is 5.97 Å². The maximum Gasteiger partial charge on any atom is 0.303 e. The molecule has 1 aromatic heterocycles. The number of hydrogen-bond acceptors (Lipinski definition) is 5. The first kappa shape index (κ1) is 24.6. The number of carbonyl (C=O) groups is 2. The quantitative estimate of drug-likeness (QED) is 0.504. The highest BCUT2D eigenvalue weighted by Crippen LogP contribution is 2.36. The smallest absolute Gasteiger partial charge is 0.303 e. The Bertz CT molecular complexity index is 1410. The molecule has 0 bridgehead atoms. The van der Waals surface area contributed by atoms with Crippen LogP contribution in [0.3, 0.4) is 0 Å². The lowest BCUT2D eigenvalue weighted by Gasteiger charge is -2.34. The molecule has 2 N–H and O–H groups in total. The Kier molecular flexibility index (Phi) is 6.77. The van der Waals surface area contributed by atoms with Gasteiger partial charge in [0, 0.05) is 6.54 Å². The summed E-state index contributed by atoms with van der Waals surface area (Å²) in [7, 11) is -4.07. The molecule has 1 amide bonds. The van der Waals surface area contributed by atoms with Gasteiger partial charge < -0.3 is 10.4 Å². The third kappa shape index (κ3) is 5.13. The lowest BCUT2D eigenvalue weighted by Crippen LogP contribution is -2.41. The Labute approximate surface area is 206 Å². The minimum Gasteiger partial charge on any atom is -0.481 e. The Hall–Kier alpha value is -3.50. The van der Waals surface area contributed by atoms with E-state index in [0.717, 1.165) is 15.9 Å². The summed E-state index contributed by atoms with van der Waals surface area (Å²) >= 11 is 5.98. The summed E-state index contributed by atoms with van der Waals surface area (Å²) in [6, 6.07) is 11.6. The number of aromatic nitrogens is 1. The zero-order chi connectivity index (χ0) is 25.3. The van der Waals surface area contributed by atoms with Crippen LogP contribution in [-0.4, -0.2) is 36.9 Å². The third-order valence-corrected chi connectivity index (χ3v) is 7.70. The molecule has 35 heavy (non-hydrogen) atoms. The van der Waals surface area contributed by atoms with E-state index in [1.165, 1.54) is 36.5 Å². The number of carboxylic acid groups (broad SMARTS) is 1. The van der Waals surface area contributed by atoms with Crippen molar-refractivity contribution < 1.29 is 27.5 Å². The van der Waals surface area contributed by atoms with E-state index < -0.39 is 33.6 Å². The molecule has 1 aliphatic rings. The molecule has 1 aliphatic heterocycles. The van der Waals surface area contributed by atoms with Crippen LogP contribution >= 0.6 is 11.6 Å². The molecule has 4 rings (SSSR count). The maximum absolute atomic E-state index is 14.2. The monoisotopic (exact) mass is 517 g/mol. The number of hydrogen-bond donors (Lipinski definition) is 2. The summed E-state index contributed by atoms with van der Waals surface area (Å²) in [4.78, 5) is 28.4. The van der Waals surface area contributed by atoms with E-state index in [0.29, 0.717) is 5.69 Å². The molecule has 2 aromatic carbocycles. The molecule has 1 atom stereocenters. The number of amides is 1. The molecular weight excluding hydrogens is 497 g/mol. The Morgan fingerprint density at radius 3 is 2.66 bits per heavy atom. The second kappa shape index (κ2) is 9.63. The topological polar surface area (TPSA) is 117 Å². The number of nitrogens with one attached hydrogen (secondary N) is 1. The SMILES string of the molecule is Cc1cccc(S(=O)(=O)N2C[C@H](CC(=O)O)Cc3ncc(NC(=O)c4c(F)cccc4Cl)cc32)c1. The summed E-state index contributed by atoms with van der Waals surface area (Å²) in [5.41, 5.74) is 1.12. The first-order chi connectivity index (χ1) is 16.6. The third-order valence-electron chi connectivity index (χ3n) is 5.61. The Morgan fingerprint density at radius 2 is 1.97 bits per heavy atom. The minimum atomic E-state index is -4.07. The van der Waals surface area contributed by atoms with E-state index >= 15 is 0 Å². The number of anilines is 2. The van der Waals surface area contributed by atoms with Crippen molar-refractivity contribution in [2.24, 2.45) is 5.92 Å². The number of aryl methyl sites for hydroxylation is 1. The number of rotatable bonds is 6. The number of fused-ring (bicyclic) bond motifs is 1. The molecule has 0 unspecified atom stereocenters. The number of halogens is 2. The van der Waals surface area contributed by atoms with Gasteiger partial charge in [0.25, 0.3) is 15.9 Å². The van der Waals surface area contributed by atoms with Crippen molar-refractivity contribution in [1.82, 2.24) is 4.98 Å². The average Bonchev–Trinajstić information content (AvgIpc) is 2.78. The van der Waals surface area contributed by atoms with Gasteiger partial charge in [-0.3, -0.25) is 18.9 Å². The minimum absolute atomic E-state index is 0.0482. The molecule has 0 aliphatic carbocycles. The molecule has 0 fully saturated rings. The normalized spacial score (nSPS) is 15.4. The highest BCUT2D eigenvalue weighted by Gasteiger charge is 2.35. The summed E-state index contributed by atoms with van der Waals surface area (Å²) < 4.78 is 42.4. The van der Waals surface area contributed by atoms with Crippen LogP contribution in [0.1, 0.15) is 28.0 Å². The number of pyridine rings is 1. The van der Waals surface area contributed by atoms with Crippen LogP contribution in [0.5, 0.6) is 0 Å². The summed E-state index contributed by atoms with van der Waals surface area (Å²) in [6.45, 7) is 1.69. The molecule has 11 heteroatoms. The van der Waals surface area contributed by atoms with E-state index in [4.69, 9.17) is 11.6 Å². The van der Waals surface area contributed by atoms with E-state index in [1.54, 1.807) is 19.1 Å². The number of benzene rings is 2. The second-order valence-corrected chi connectivity index (χ2v) is 10.5. The van der Waals surface area contributed by atoms with Gasteiger partial charge in [-0.2, -0.15) is 0 Å². The van der Waals surface area contributed by atoms with Crippen LogP contribution < -0.4 is 9.62 Å². The molecule has 0 saturated carbocycles. The highest BCUT2D eigenvalue weighted by molar-refractivity contribution is 7.92. The van der Waals surface area contributed by atoms with Crippen molar-refractivity contribution in [3.8, 4) is 0 Å². The van der Waals surface area contributed by atoms with Gasteiger partial charge in [0.15, 0.2) is 0 Å². The van der Waals surface area contributed by atoms with Gasteiger partial charge in [0.2, 0.25) is 0 Å². The molecule has 182 valence electrons. The Balaban J connectivity index is 1.74. The zero-order valence-corrected chi connectivity index (χ0v) is 20.1. The molecule has 0 spiro atoms. The summed E-state index contributed by atoms with van der Waals surface area (Å²) in [6.07, 6.45) is 1.33. The number of carboxylic acids is 1. The van der Waals surface area contributed by atoms with Gasteiger partial charge in [-0.05, 0) is 55.2 Å². The van der Waals surface area contributed by atoms with E-state index in [9.17, 15) is 27.5 Å². The van der Waals surface area contributed by atoms with Crippen LogP contribution in [0.25, 0.3) is 0 Å². The van der Waals surface area contributed by atoms with Crippen LogP contribution in [0, 0.1) is 18.7 Å². The number of sulfonamides is 1. The van der Waals surface area contributed by atoms with E-state index in [2.05, 4.69) is 10.3 Å². The predicted molar refractivity (Wildman–Crippen MR) is 129 cm³/mol. The van der Waals surface area contributed by atoms with Gasteiger partial charge in [-0.15, -0.1) is 0 Å². The van der Waals surface area contributed by atoms with Gasteiger partial charge in [-0.25, -0.2) is 12.8 Å². The van der Waals surface area contributed by atoms with Crippen molar-refractivity contribution in [2.45, 2.75) is 24.7 Å².